The van der Waals surface area contributed by atoms with Crippen LogP contribution >= 0.6 is 0 Å². The van der Waals surface area contributed by atoms with E-state index in [1.54, 1.807) is 20.5 Å². The normalized spacial score (nSPS) is 20.4. The summed E-state index contributed by atoms with van der Waals surface area (Å²) >= 11 is 0. The summed E-state index contributed by atoms with van der Waals surface area (Å²) < 4.78 is 12.7. The van der Waals surface area contributed by atoms with Crippen LogP contribution in [0.5, 0.6) is 5.75 Å². The lowest BCUT2D eigenvalue weighted by Crippen LogP contribution is -2.34. The first kappa shape index (κ1) is 16.4. The maximum Gasteiger partial charge on any atom is 0.227 e. The standard InChI is InChI=1S/C17H22N4O3/c1-20-11-18-19-17(20)14-9-13(23-2)10-21(14)16(22)8-12-6-4-5-7-15(12)24-3/h4-7,11,13-14H,8-10H2,1-3H3/t13-,14+/m1/s1. The minimum absolute atomic E-state index is 0.00770. The highest BCUT2D eigenvalue weighted by atomic mass is 16.5. The number of carbonyl (C=O) groups excluding carboxylic acids is 1. The lowest BCUT2D eigenvalue weighted by Gasteiger charge is -2.24. The van der Waals surface area contributed by atoms with Crippen molar-refractivity contribution in [1.82, 2.24) is 19.7 Å². The van der Waals surface area contributed by atoms with E-state index in [4.69, 9.17) is 9.47 Å². The van der Waals surface area contributed by atoms with E-state index in [0.717, 1.165) is 23.6 Å². The zero-order valence-corrected chi connectivity index (χ0v) is 14.2. The van der Waals surface area contributed by atoms with Gasteiger partial charge in [0.25, 0.3) is 0 Å². The van der Waals surface area contributed by atoms with Crippen LogP contribution in [0.4, 0.5) is 0 Å². The van der Waals surface area contributed by atoms with Crippen LogP contribution in [0, 0.1) is 0 Å². The molecule has 1 amide bonds. The molecule has 0 bridgehead atoms. The van der Waals surface area contributed by atoms with Gasteiger partial charge in [0.05, 0.1) is 25.7 Å². The molecule has 1 aliphatic heterocycles. The van der Waals surface area contributed by atoms with Crippen molar-refractivity contribution in [1.29, 1.82) is 0 Å². The first-order chi connectivity index (χ1) is 11.6. The smallest absolute Gasteiger partial charge is 0.227 e. The Morgan fingerprint density at radius 2 is 2.12 bits per heavy atom. The third-order valence-corrected chi connectivity index (χ3v) is 4.50. The molecule has 0 radical (unpaired) electrons. The number of aryl methyl sites for hydroxylation is 1. The Balaban J connectivity index is 1.82. The number of para-hydroxylation sites is 1. The summed E-state index contributed by atoms with van der Waals surface area (Å²) in [5, 5.41) is 8.12. The van der Waals surface area contributed by atoms with E-state index in [1.165, 1.54) is 0 Å². The van der Waals surface area contributed by atoms with Gasteiger partial charge in [0, 0.05) is 32.7 Å². The van der Waals surface area contributed by atoms with Gasteiger partial charge in [0.1, 0.15) is 12.1 Å². The maximum absolute atomic E-state index is 12.9. The molecule has 0 N–H and O–H groups in total. The van der Waals surface area contributed by atoms with E-state index in [2.05, 4.69) is 10.2 Å². The molecule has 0 spiro atoms. The summed E-state index contributed by atoms with van der Waals surface area (Å²) in [6.07, 6.45) is 2.67. The third kappa shape index (κ3) is 3.12. The quantitative estimate of drug-likeness (QED) is 0.828. The molecular formula is C17H22N4O3. The Labute approximate surface area is 141 Å². The summed E-state index contributed by atoms with van der Waals surface area (Å²) in [6.45, 7) is 0.558. The SMILES string of the molecule is COc1ccccc1CC(=O)N1C[C@H](OC)C[C@H]1c1nncn1C. The number of ether oxygens (including phenoxy) is 2. The van der Waals surface area contributed by atoms with Gasteiger partial charge in [0.2, 0.25) is 5.91 Å². The summed E-state index contributed by atoms with van der Waals surface area (Å²) in [7, 11) is 5.17. The molecule has 1 saturated heterocycles. The van der Waals surface area contributed by atoms with Crippen molar-refractivity contribution in [2.75, 3.05) is 20.8 Å². The number of hydrogen-bond acceptors (Lipinski definition) is 5. The largest absolute Gasteiger partial charge is 0.496 e. The van der Waals surface area contributed by atoms with Crippen molar-refractivity contribution < 1.29 is 14.3 Å². The van der Waals surface area contributed by atoms with Gasteiger partial charge in [-0.25, -0.2) is 0 Å². The molecule has 128 valence electrons. The Bertz CT molecular complexity index is 715. The molecule has 7 heteroatoms. The van der Waals surface area contributed by atoms with Crippen LogP contribution < -0.4 is 4.74 Å². The van der Waals surface area contributed by atoms with E-state index < -0.39 is 0 Å². The molecule has 1 aliphatic rings. The fourth-order valence-corrected chi connectivity index (χ4v) is 3.20. The predicted octanol–water partition coefficient (Wildman–Crippen LogP) is 1.35. The summed E-state index contributed by atoms with van der Waals surface area (Å²) in [5.74, 6) is 1.54. The molecule has 2 atom stereocenters. The highest BCUT2D eigenvalue weighted by Gasteiger charge is 2.38. The van der Waals surface area contributed by atoms with Crippen molar-refractivity contribution in [3.63, 3.8) is 0 Å². The van der Waals surface area contributed by atoms with Crippen molar-refractivity contribution in [3.05, 3.63) is 42.0 Å². The van der Waals surface area contributed by atoms with E-state index in [9.17, 15) is 4.79 Å². The average molecular weight is 330 g/mol. The van der Waals surface area contributed by atoms with E-state index in [1.807, 2.05) is 40.8 Å². The molecule has 1 fully saturated rings. The van der Waals surface area contributed by atoms with E-state index in [0.29, 0.717) is 6.54 Å². The summed E-state index contributed by atoms with van der Waals surface area (Å²) in [5.41, 5.74) is 0.877. The number of methoxy groups -OCH3 is 2. The Hall–Kier alpha value is -2.41. The van der Waals surface area contributed by atoms with Crippen molar-refractivity contribution in [2.24, 2.45) is 7.05 Å². The second kappa shape index (κ2) is 7.00. The van der Waals surface area contributed by atoms with Crippen LogP contribution in [0.15, 0.2) is 30.6 Å². The molecule has 24 heavy (non-hydrogen) atoms. The van der Waals surface area contributed by atoms with Gasteiger partial charge >= 0.3 is 0 Å². The Morgan fingerprint density at radius 1 is 1.33 bits per heavy atom. The fraction of sp³-hybridized carbons (Fsp3) is 0.471. The van der Waals surface area contributed by atoms with Crippen LogP contribution in [0.3, 0.4) is 0 Å². The molecule has 0 unspecified atom stereocenters. The molecule has 0 aliphatic carbocycles. The van der Waals surface area contributed by atoms with E-state index >= 15 is 0 Å². The van der Waals surface area contributed by atoms with Gasteiger partial charge in [-0.3, -0.25) is 4.79 Å². The number of likely N-dealkylation sites (tertiary alicyclic amines) is 1. The number of carbonyl (C=O) groups is 1. The highest BCUT2D eigenvalue weighted by molar-refractivity contribution is 5.80. The van der Waals surface area contributed by atoms with Crippen molar-refractivity contribution in [2.45, 2.75) is 25.0 Å². The molecule has 1 aromatic heterocycles. The molecule has 7 nitrogen and oxygen atoms in total. The van der Waals surface area contributed by atoms with Gasteiger partial charge in [-0.2, -0.15) is 0 Å². The number of rotatable bonds is 5. The number of nitrogens with zero attached hydrogens (tertiary/aromatic N) is 4. The number of hydrogen-bond donors (Lipinski definition) is 0. The molecule has 3 rings (SSSR count). The number of aromatic nitrogens is 3. The third-order valence-electron chi connectivity index (χ3n) is 4.50. The number of amides is 1. The molecular weight excluding hydrogens is 308 g/mol. The number of benzene rings is 1. The molecule has 1 aromatic carbocycles. The Kier molecular flexibility index (Phi) is 4.80. The van der Waals surface area contributed by atoms with Gasteiger partial charge in [-0.1, -0.05) is 18.2 Å². The van der Waals surface area contributed by atoms with Crippen molar-refractivity contribution in [3.8, 4) is 5.75 Å². The summed E-state index contributed by atoms with van der Waals surface area (Å²) in [6, 6.07) is 7.46. The first-order valence-electron chi connectivity index (χ1n) is 7.92. The summed E-state index contributed by atoms with van der Waals surface area (Å²) in [4.78, 5) is 14.8. The minimum atomic E-state index is -0.121. The van der Waals surface area contributed by atoms with Gasteiger partial charge in [-0.15, -0.1) is 10.2 Å². The zero-order valence-electron chi connectivity index (χ0n) is 14.2. The topological polar surface area (TPSA) is 69.5 Å². The molecule has 0 saturated carbocycles. The predicted molar refractivity (Wildman–Crippen MR) is 87.6 cm³/mol. The lowest BCUT2D eigenvalue weighted by molar-refractivity contribution is -0.132. The maximum atomic E-state index is 12.9. The fourth-order valence-electron chi connectivity index (χ4n) is 3.20. The van der Waals surface area contributed by atoms with Gasteiger partial charge in [-0.05, 0) is 6.07 Å². The molecule has 2 aromatic rings. The van der Waals surface area contributed by atoms with Gasteiger partial charge in [0.15, 0.2) is 5.82 Å². The van der Waals surface area contributed by atoms with Crippen LogP contribution in [0.25, 0.3) is 0 Å². The van der Waals surface area contributed by atoms with Crippen LogP contribution in [0.2, 0.25) is 0 Å². The van der Waals surface area contributed by atoms with Crippen LogP contribution in [-0.4, -0.2) is 52.4 Å². The molecule has 2 heterocycles. The Morgan fingerprint density at radius 3 is 2.79 bits per heavy atom. The monoisotopic (exact) mass is 330 g/mol. The van der Waals surface area contributed by atoms with Crippen molar-refractivity contribution >= 4 is 5.91 Å². The zero-order chi connectivity index (χ0) is 17.1. The van der Waals surface area contributed by atoms with Crippen LogP contribution in [-0.2, 0) is 23.0 Å². The van der Waals surface area contributed by atoms with E-state index in [-0.39, 0.29) is 24.5 Å². The van der Waals surface area contributed by atoms with Gasteiger partial charge < -0.3 is 18.9 Å². The lowest BCUT2D eigenvalue weighted by atomic mass is 10.1. The second-order valence-corrected chi connectivity index (χ2v) is 5.94. The average Bonchev–Trinajstić information content (AvgIpc) is 3.21. The highest BCUT2D eigenvalue weighted by Crippen LogP contribution is 2.33. The minimum Gasteiger partial charge on any atom is -0.496 e. The van der Waals surface area contributed by atoms with Crippen LogP contribution in [0.1, 0.15) is 23.9 Å². The first-order valence-corrected chi connectivity index (χ1v) is 7.92. The second-order valence-electron chi connectivity index (χ2n) is 5.94.